The molecule has 0 amide bonds. The second kappa shape index (κ2) is 5.55. The van der Waals surface area contributed by atoms with Gasteiger partial charge in [-0.15, -0.1) is 13.2 Å². The molecule has 1 aliphatic rings. The Morgan fingerprint density at radius 3 is 2.47 bits per heavy atom. The number of hydrogen-bond donors (Lipinski definition) is 0. The van der Waals surface area contributed by atoms with Crippen LogP contribution in [0.4, 0.5) is 0 Å². The van der Waals surface area contributed by atoms with Crippen LogP contribution in [-0.4, -0.2) is 0 Å². The molecule has 0 N–H and O–H groups in total. The summed E-state index contributed by atoms with van der Waals surface area (Å²) in [5, 5.41) is 0. The van der Waals surface area contributed by atoms with E-state index in [9.17, 15) is 0 Å². The second-order valence-corrected chi connectivity index (χ2v) is 3.96. The van der Waals surface area contributed by atoms with Gasteiger partial charge in [0.25, 0.3) is 0 Å². The molecule has 0 fully saturated rings. The van der Waals surface area contributed by atoms with Gasteiger partial charge in [-0.25, -0.2) is 0 Å². The van der Waals surface area contributed by atoms with E-state index in [2.05, 4.69) is 44.9 Å². The summed E-state index contributed by atoms with van der Waals surface area (Å²) in [4.78, 5) is 0. The first-order chi connectivity index (χ1) is 7.29. The maximum Gasteiger partial charge on any atom is -0.00635 e. The fraction of sp³-hybridized carbons (Fsp3) is 0.333. The lowest BCUT2D eigenvalue weighted by molar-refractivity contribution is 0.919. The highest BCUT2D eigenvalue weighted by Crippen LogP contribution is 2.26. The van der Waals surface area contributed by atoms with Crippen molar-refractivity contribution < 1.29 is 0 Å². The Bertz CT molecular complexity index is 347. The van der Waals surface area contributed by atoms with Gasteiger partial charge < -0.3 is 0 Å². The van der Waals surface area contributed by atoms with Crippen LogP contribution in [0.3, 0.4) is 0 Å². The molecule has 0 spiro atoms. The van der Waals surface area contributed by atoms with E-state index >= 15 is 0 Å². The highest BCUT2D eigenvalue weighted by atomic mass is 14.2. The lowest BCUT2D eigenvalue weighted by Crippen LogP contribution is -1.87. The number of rotatable bonds is 2. The zero-order valence-corrected chi connectivity index (χ0v) is 9.68. The average Bonchev–Trinajstić information content (AvgIpc) is 2.61. The van der Waals surface area contributed by atoms with E-state index in [0.717, 1.165) is 12.8 Å². The summed E-state index contributed by atoms with van der Waals surface area (Å²) in [6, 6.07) is 6.90. The predicted octanol–water partition coefficient (Wildman–Crippen LogP) is 4.10. The van der Waals surface area contributed by atoms with E-state index in [4.69, 9.17) is 0 Å². The van der Waals surface area contributed by atoms with Gasteiger partial charge in [0.1, 0.15) is 0 Å². The van der Waals surface area contributed by atoms with Crippen molar-refractivity contribution in [3.63, 3.8) is 0 Å². The zero-order chi connectivity index (χ0) is 11.3. The Labute approximate surface area is 93.3 Å². The van der Waals surface area contributed by atoms with Gasteiger partial charge in [-0.05, 0) is 36.0 Å². The van der Waals surface area contributed by atoms with Crippen LogP contribution in [0, 0.1) is 0 Å². The third-order valence-corrected chi connectivity index (χ3v) is 2.69. The van der Waals surface area contributed by atoms with Crippen LogP contribution in [0.2, 0.25) is 0 Å². The molecule has 80 valence electrons. The highest BCUT2D eigenvalue weighted by molar-refractivity contribution is 5.42. The van der Waals surface area contributed by atoms with Gasteiger partial charge in [0.05, 0.1) is 0 Å². The lowest BCUT2D eigenvalue weighted by Gasteiger charge is -2.02. The van der Waals surface area contributed by atoms with E-state index in [1.807, 2.05) is 0 Å². The van der Waals surface area contributed by atoms with Crippen LogP contribution in [0.25, 0.3) is 0 Å². The van der Waals surface area contributed by atoms with Crippen LogP contribution in [0.15, 0.2) is 43.5 Å². The molecule has 1 aromatic rings. The maximum atomic E-state index is 4.04. The first kappa shape index (κ1) is 11.8. The molecule has 0 bridgehead atoms. The molecule has 0 heteroatoms. The molecule has 0 atom stereocenters. The van der Waals surface area contributed by atoms with Crippen LogP contribution in [0.5, 0.6) is 0 Å². The Morgan fingerprint density at radius 2 is 1.80 bits per heavy atom. The molecule has 0 radical (unpaired) electrons. The molecule has 0 aliphatic heterocycles. The van der Waals surface area contributed by atoms with Gasteiger partial charge in [-0.1, -0.05) is 43.7 Å². The smallest absolute Gasteiger partial charge is 0.00635 e. The predicted molar refractivity (Wildman–Crippen MR) is 68.2 cm³/mol. The van der Waals surface area contributed by atoms with E-state index in [0.29, 0.717) is 0 Å². The van der Waals surface area contributed by atoms with Gasteiger partial charge in [0.2, 0.25) is 0 Å². The molecule has 1 aliphatic carbocycles. The van der Waals surface area contributed by atoms with Gasteiger partial charge in [0, 0.05) is 0 Å². The third kappa shape index (κ3) is 2.82. The molecular formula is C15H20. The van der Waals surface area contributed by atoms with E-state index < -0.39 is 0 Å². The molecule has 1 aromatic carbocycles. The number of hydrogen-bond acceptors (Lipinski definition) is 0. The normalized spacial score (nSPS) is 13.0. The summed E-state index contributed by atoms with van der Waals surface area (Å²) in [5.41, 5.74) is 5.85. The Hall–Kier alpha value is -1.30. The summed E-state index contributed by atoms with van der Waals surface area (Å²) in [6.07, 6.45) is 4.65. The molecule has 15 heavy (non-hydrogen) atoms. The summed E-state index contributed by atoms with van der Waals surface area (Å²) in [5.74, 6) is 0. The number of benzene rings is 1. The number of allylic oxidation sites excluding steroid dienone is 1. The third-order valence-electron chi connectivity index (χ3n) is 2.69. The second-order valence-electron chi connectivity index (χ2n) is 3.96. The van der Waals surface area contributed by atoms with Gasteiger partial charge in [-0.3, -0.25) is 0 Å². The molecular weight excluding hydrogens is 180 g/mol. The fourth-order valence-corrected chi connectivity index (χ4v) is 2.06. The van der Waals surface area contributed by atoms with Gasteiger partial charge >= 0.3 is 0 Å². The minimum atomic E-state index is 1.10. The van der Waals surface area contributed by atoms with Crippen molar-refractivity contribution in [2.75, 3.05) is 0 Å². The molecule has 0 saturated heterocycles. The largest absolute Gasteiger partial charge is 0.106 e. The van der Waals surface area contributed by atoms with Gasteiger partial charge in [-0.2, -0.15) is 0 Å². The van der Waals surface area contributed by atoms with Gasteiger partial charge in [0.15, 0.2) is 0 Å². The molecule has 0 aromatic heterocycles. The minimum Gasteiger partial charge on any atom is -0.106 e. The zero-order valence-electron chi connectivity index (χ0n) is 9.68. The molecule has 0 nitrogen and oxygen atoms in total. The molecule has 0 heterocycles. The Kier molecular flexibility index (Phi) is 4.36. The lowest BCUT2D eigenvalue weighted by atomic mass is 10.0. The summed E-state index contributed by atoms with van der Waals surface area (Å²) < 4.78 is 0. The summed E-state index contributed by atoms with van der Waals surface area (Å²) in [7, 11) is 0. The first-order valence-electron chi connectivity index (χ1n) is 5.57. The Balaban J connectivity index is 0.000000531. The maximum absolute atomic E-state index is 4.04. The number of fused-ring (bicyclic) bond motifs is 1. The van der Waals surface area contributed by atoms with Crippen molar-refractivity contribution in [2.24, 2.45) is 0 Å². The van der Waals surface area contributed by atoms with Crippen molar-refractivity contribution >= 4 is 0 Å². The monoisotopic (exact) mass is 200 g/mol. The quantitative estimate of drug-likeness (QED) is 0.631. The standard InChI is InChI=1S/C13H16.C2H4/c1-3-4-11-5-6-12-7-10(2)8-13(12)9-11;1-2/h5-6,9H,2-4,7-8H2,1H3;1-2H2. The summed E-state index contributed by atoms with van der Waals surface area (Å²) in [6.45, 7) is 12.3. The van der Waals surface area contributed by atoms with Crippen molar-refractivity contribution in [3.05, 3.63) is 60.2 Å². The number of aryl methyl sites for hydroxylation is 1. The average molecular weight is 200 g/mol. The van der Waals surface area contributed by atoms with Crippen molar-refractivity contribution in [3.8, 4) is 0 Å². The van der Waals surface area contributed by atoms with Crippen molar-refractivity contribution in [2.45, 2.75) is 32.6 Å². The van der Waals surface area contributed by atoms with Crippen LogP contribution in [0.1, 0.15) is 30.0 Å². The highest BCUT2D eigenvalue weighted by Gasteiger charge is 2.13. The topological polar surface area (TPSA) is 0 Å². The van der Waals surface area contributed by atoms with Crippen molar-refractivity contribution in [1.82, 2.24) is 0 Å². The SMILES string of the molecule is C=C.C=C1Cc2ccc(CCC)cc2C1. The Morgan fingerprint density at radius 1 is 1.13 bits per heavy atom. The first-order valence-corrected chi connectivity index (χ1v) is 5.57. The fourth-order valence-electron chi connectivity index (χ4n) is 2.06. The molecule has 0 saturated carbocycles. The van der Waals surface area contributed by atoms with E-state index in [1.54, 1.807) is 0 Å². The van der Waals surface area contributed by atoms with E-state index in [1.165, 1.54) is 35.1 Å². The van der Waals surface area contributed by atoms with Crippen LogP contribution < -0.4 is 0 Å². The van der Waals surface area contributed by atoms with Crippen LogP contribution >= 0.6 is 0 Å². The van der Waals surface area contributed by atoms with E-state index in [-0.39, 0.29) is 0 Å². The van der Waals surface area contributed by atoms with Crippen molar-refractivity contribution in [1.29, 1.82) is 0 Å². The minimum absolute atomic E-state index is 1.10. The van der Waals surface area contributed by atoms with Crippen LogP contribution in [-0.2, 0) is 19.3 Å². The summed E-state index contributed by atoms with van der Waals surface area (Å²) >= 11 is 0. The molecule has 2 rings (SSSR count). The molecule has 0 unspecified atom stereocenters.